The summed E-state index contributed by atoms with van der Waals surface area (Å²) in [6.07, 6.45) is -0.210. The summed E-state index contributed by atoms with van der Waals surface area (Å²) in [6, 6.07) is 0. The summed E-state index contributed by atoms with van der Waals surface area (Å²) in [4.78, 5) is 10.8. The van der Waals surface area contributed by atoms with Gasteiger partial charge in [0, 0.05) is 6.16 Å². The maximum Gasteiger partial charge on any atom is 0.364 e. The van der Waals surface area contributed by atoms with Crippen LogP contribution in [0.5, 0.6) is 0 Å². The summed E-state index contributed by atoms with van der Waals surface area (Å²) < 4.78 is 30.7. The minimum absolute atomic E-state index is 0.0184. The minimum Gasteiger partial charge on any atom is -0.478 e. The van der Waals surface area contributed by atoms with E-state index in [1.54, 1.807) is 0 Å². The molecule has 0 saturated heterocycles. The van der Waals surface area contributed by atoms with Crippen LogP contribution in [0.2, 0.25) is 0 Å². The quantitative estimate of drug-likeness (QED) is 0.586. The van der Waals surface area contributed by atoms with E-state index in [0.29, 0.717) is 0 Å². The second-order valence-corrected chi connectivity index (χ2v) is 5.56. The zero-order valence-electron chi connectivity index (χ0n) is 8.91. The average molecular weight is 236 g/mol. The van der Waals surface area contributed by atoms with Crippen molar-refractivity contribution in [2.75, 3.05) is 12.8 Å². The van der Waals surface area contributed by atoms with Gasteiger partial charge in [-0.1, -0.05) is 6.92 Å². The van der Waals surface area contributed by atoms with Gasteiger partial charge >= 0.3 is 11.4 Å². The van der Waals surface area contributed by atoms with E-state index in [1.165, 1.54) is 20.8 Å². The first kappa shape index (κ1) is 14.2. The fraction of sp³-hybridized carbons (Fsp3) is 0.667. The Kier molecular flexibility index (Phi) is 4.99. The first-order valence-electron chi connectivity index (χ1n) is 4.47. The molecule has 0 fully saturated rings. The van der Waals surface area contributed by atoms with E-state index >= 15 is 0 Å². The largest absolute Gasteiger partial charge is 0.478 e. The fourth-order valence-corrected chi connectivity index (χ4v) is 2.84. The monoisotopic (exact) mass is 236 g/mol. The summed E-state index contributed by atoms with van der Waals surface area (Å²) in [7, 11) is -3.93. The van der Waals surface area contributed by atoms with E-state index in [9.17, 15) is 13.8 Å². The van der Waals surface area contributed by atoms with Crippen molar-refractivity contribution in [1.29, 1.82) is 0 Å². The van der Waals surface area contributed by atoms with Gasteiger partial charge in [-0.3, -0.25) is 4.57 Å². The van der Waals surface area contributed by atoms with Crippen LogP contribution in [-0.4, -0.2) is 29.3 Å². The molecule has 0 spiro atoms. The standard InChI is InChI=1S/C9H14FO4P/c1-4-7-9(10,8(11)12)15(13,6-3)14-5-2/h5-6H2,1-3H3,(H,11,12). The lowest BCUT2D eigenvalue weighted by Crippen LogP contribution is -2.33. The highest BCUT2D eigenvalue weighted by atomic mass is 31.2. The minimum atomic E-state index is -3.93. The van der Waals surface area contributed by atoms with Gasteiger partial charge in [0.15, 0.2) is 0 Å². The number of alkyl halides is 1. The van der Waals surface area contributed by atoms with Gasteiger partial charge in [-0.05, 0) is 19.8 Å². The number of carboxylic acids is 1. The molecule has 4 nitrogen and oxygen atoms in total. The van der Waals surface area contributed by atoms with E-state index in [1.807, 2.05) is 5.92 Å². The van der Waals surface area contributed by atoms with Crippen molar-refractivity contribution in [1.82, 2.24) is 0 Å². The predicted molar refractivity (Wildman–Crippen MR) is 54.7 cm³/mol. The van der Waals surface area contributed by atoms with Crippen LogP contribution in [0.1, 0.15) is 20.8 Å². The third-order valence-corrected chi connectivity index (χ3v) is 4.55. The van der Waals surface area contributed by atoms with Gasteiger partial charge in [0.2, 0.25) is 0 Å². The smallest absolute Gasteiger partial charge is 0.364 e. The Balaban J connectivity index is 5.46. The van der Waals surface area contributed by atoms with Gasteiger partial charge in [0.25, 0.3) is 7.37 Å². The van der Waals surface area contributed by atoms with Crippen molar-refractivity contribution < 1.29 is 23.4 Å². The number of halogens is 1. The third kappa shape index (κ3) is 2.58. The molecule has 0 amide bonds. The summed E-state index contributed by atoms with van der Waals surface area (Å²) >= 11 is 0. The van der Waals surface area contributed by atoms with Crippen LogP contribution in [0.15, 0.2) is 0 Å². The summed E-state index contributed by atoms with van der Waals surface area (Å²) in [5.41, 5.74) is 0. The Labute approximate surface area is 88.3 Å². The molecule has 0 aromatic heterocycles. The maximum absolute atomic E-state index is 14.0. The van der Waals surface area contributed by atoms with Gasteiger partial charge in [-0.2, -0.15) is 0 Å². The molecular weight excluding hydrogens is 222 g/mol. The van der Waals surface area contributed by atoms with Crippen LogP contribution in [0.3, 0.4) is 0 Å². The molecule has 6 heteroatoms. The predicted octanol–water partition coefficient (Wildman–Crippen LogP) is 2.09. The van der Waals surface area contributed by atoms with Crippen molar-refractivity contribution in [3.63, 3.8) is 0 Å². The van der Waals surface area contributed by atoms with E-state index < -0.39 is 18.7 Å². The van der Waals surface area contributed by atoms with E-state index in [-0.39, 0.29) is 12.8 Å². The Morgan fingerprint density at radius 2 is 2.13 bits per heavy atom. The molecule has 2 atom stereocenters. The molecule has 0 aliphatic carbocycles. The van der Waals surface area contributed by atoms with Crippen LogP contribution in [0, 0.1) is 11.8 Å². The van der Waals surface area contributed by atoms with Crippen molar-refractivity contribution in [2.45, 2.75) is 26.2 Å². The summed E-state index contributed by atoms with van der Waals surface area (Å²) in [6.45, 7) is 4.19. The van der Waals surface area contributed by atoms with Crippen molar-refractivity contribution in [2.24, 2.45) is 0 Å². The third-order valence-electron chi connectivity index (χ3n) is 1.80. The molecule has 0 aromatic rings. The molecule has 15 heavy (non-hydrogen) atoms. The number of rotatable bonds is 5. The fourth-order valence-electron chi connectivity index (χ4n) is 1.06. The second kappa shape index (κ2) is 5.29. The number of carboxylic acid groups (broad SMARTS) is 1. The molecule has 86 valence electrons. The first-order chi connectivity index (χ1) is 6.88. The van der Waals surface area contributed by atoms with Crippen molar-refractivity contribution in [3.05, 3.63) is 0 Å². The Morgan fingerprint density at radius 1 is 1.60 bits per heavy atom. The maximum atomic E-state index is 14.0. The molecule has 0 aliphatic rings. The molecule has 1 N–H and O–H groups in total. The summed E-state index contributed by atoms with van der Waals surface area (Å²) in [5.74, 6) is 2.10. The van der Waals surface area contributed by atoms with E-state index in [0.717, 1.165) is 0 Å². The van der Waals surface area contributed by atoms with Crippen molar-refractivity contribution in [3.8, 4) is 11.8 Å². The molecule has 0 radical (unpaired) electrons. The lowest BCUT2D eigenvalue weighted by molar-refractivity contribution is -0.143. The lowest BCUT2D eigenvalue weighted by atomic mass is 10.4. The molecule has 2 unspecified atom stereocenters. The number of hydrogen-bond acceptors (Lipinski definition) is 3. The molecular formula is C9H14FO4P. The number of aliphatic carboxylic acids is 1. The van der Waals surface area contributed by atoms with Crippen molar-refractivity contribution >= 4 is 13.3 Å². The Morgan fingerprint density at radius 3 is 2.40 bits per heavy atom. The van der Waals surface area contributed by atoms with Crippen LogP contribution < -0.4 is 0 Å². The van der Waals surface area contributed by atoms with Crippen LogP contribution in [-0.2, 0) is 13.9 Å². The Hall–Kier alpha value is -0.850. The second-order valence-electron chi connectivity index (χ2n) is 2.71. The lowest BCUT2D eigenvalue weighted by Gasteiger charge is -2.24. The molecule has 0 rings (SSSR count). The Bertz CT molecular complexity index is 344. The van der Waals surface area contributed by atoms with Gasteiger partial charge < -0.3 is 9.63 Å². The summed E-state index contributed by atoms with van der Waals surface area (Å²) in [5, 5.41) is 5.62. The molecule has 0 saturated carbocycles. The zero-order chi connectivity index (χ0) is 12.1. The average Bonchev–Trinajstić information content (AvgIpc) is 2.17. The van der Waals surface area contributed by atoms with E-state index in [4.69, 9.17) is 9.63 Å². The van der Waals surface area contributed by atoms with E-state index in [2.05, 4.69) is 5.92 Å². The van der Waals surface area contributed by atoms with Gasteiger partial charge in [-0.25, -0.2) is 9.18 Å². The van der Waals surface area contributed by atoms with Gasteiger partial charge in [0.1, 0.15) is 0 Å². The van der Waals surface area contributed by atoms with Crippen LogP contribution in [0.25, 0.3) is 0 Å². The number of hydrogen-bond donors (Lipinski definition) is 1. The van der Waals surface area contributed by atoms with Crippen LogP contribution >= 0.6 is 7.37 Å². The highest BCUT2D eigenvalue weighted by Gasteiger charge is 2.55. The topological polar surface area (TPSA) is 63.6 Å². The highest BCUT2D eigenvalue weighted by Crippen LogP contribution is 2.59. The molecule has 0 bridgehead atoms. The normalized spacial score (nSPS) is 18.1. The highest BCUT2D eigenvalue weighted by molar-refractivity contribution is 7.61. The molecule has 0 aromatic carbocycles. The first-order valence-corrected chi connectivity index (χ1v) is 6.28. The van der Waals surface area contributed by atoms with Gasteiger partial charge in [-0.15, -0.1) is 5.92 Å². The molecule has 0 aliphatic heterocycles. The van der Waals surface area contributed by atoms with Gasteiger partial charge in [0.05, 0.1) is 6.61 Å². The number of carbonyl (C=O) groups is 1. The SMILES string of the molecule is CC#CC(F)(C(=O)O)P(=O)(CC)OCC. The molecule has 0 heterocycles. The van der Waals surface area contributed by atoms with Crippen LogP contribution in [0.4, 0.5) is 4.39 Å². The zero-order valence-corrected chi connectivity index (χ0v) is 9.81.